The van der Waals surface area contributed by atoms with Crippen LogP contribution in [0.2, 0.25) is 0 Å². The number of aromatic nitrogens is 1. The SMILES string of the molecule is CCO/C(=C/c1c(C(=O)OC)ccc(=O)n1C)Nc1ccc(Br)cc1F. The summed E-state index contributed by atoms with van der Waals surface area (Å²) in [4.78, 5) is 23.9. The van der Waals surface area contributed by atoms with E-state index in [4.69, 9.17) is 9.47 Å². The highest BCUT2D eigenvalue weighted by molar-refractivity contribution is 9.10. The fraction of sp³-hybridized carbons (Fsp3) is 0.222. The van der Waals surface area contributed by atoms with Crippen LogP contribution in [0.4, 0.5) is 10.1 Å². The molecule has 0 fully saturated rings. The third kappa shape index (κ3) is 4.51. The molecule has 0 amide bonds. The van der Waals surface area contributed by atoms with E-state index in [1.54, 1.807) is 13.0 Å². The first-order chi connectivity index (χ1) is 12.4. The molecule has 138 valence electrons. The predicted molar refractivity (Wildman–Crippen MR) is 100 cm³/mol. The second-order valence-electron chi connectivity index (χ2n) is 5.21. The molecule has 0 aliphatic carbocycles. The number of carbonyl (C=O) groups is 1. The summed E-state index contributed by atoms with van der Waals surface area (Å²) in [5.41, 5.74) is 0.339. The van der Waals surface area contributed by atoms with E-state index >= 15 is 0 Å². The van der Waals surface area contributed by atoms with Gasteiger partial charge in [-0.1, -0.05) is 15.9 Å². The molecule has 0 spiro atoms. The van der Waals surface area contributed by atoms with Crippen molar-refractivity contribution < 1.29 is 18.7 Å². The molecule has 1 heterocycles. The third-order valence-electron chi connectivity index (χ3n) is 3.52. The van der Waals surface area contributed by atoms with E-state index in [0.29, 0.717) is 11.1 Å². The Morgan fingerprint density at radius 3 is 2.69 bits per heavy atom. The monoisotopic (exact) mass is 424 g/mol. The average Bonchev–Trinajstić information content (AvgIpc) is 2.61. The first kappa shape index (κ1) is 19.7. The number of halogens is 2. The van der Waals surface area contributed by atoms with Crippen molar-refractivity contribution in [3.05, 3.63) is 68.1 Å². The Hall–Kier alpha value is -2.61. The fourth-order valence-electron chi connectivity index (χ4n) is 2.23. The highest BCUT2D eigenvalue weighted by Crippen LogP contribution is 2.22. The van der Waals surface area contributed by atoms with Crippen LogP contribution >= 0.6 is 15.9 Å². The minimum Gasteiger partial charge on any atom is -0.479 e. The molecule has 0 aliphatic heterocycles. The molecule has 0 saturated carbocycles. The predicted octanol–water partition coefficient (Wildman–Crippen LogP) is 3.52. The molecule has 0 atom stereocenters. The minimum atomic E-state index is -0.600. The van der Waals surface area contributed by atoms with E-state index in [1.165, 1.54) is 49.1 Å². The zero-order valence-corrected chi connectivity index (χ0v) is 16.1. The van der Waals surface area contributed by atoms with Crippen molar-refractivity contribution in [2.75, 3.05) is 19.0 Å². The first-order valence-electron chi connectivity index (χ1n) is 7.72. The number of hydrogen-bond acceptors (Lipinski definition) is 5. The van der Waals surface area contributed by atoms with Crippen molar-refractivity contribution in [3.63, 3.8) is 0 Å². The Morgan fingerprint density at radius 2 is 2.08 bits per heavy atom. The van der Waals surface area contributed by atoms with Gasteiger partial charge in [0.15, 0.2) is 5.88 Å². The maximum atomic E-state index is 14.1. The zero-order chi connectivity index (χ0) is 19.3. The summed E-state index contributed by atoms with van der Waals surface area (Å²) in [5, 5.41) is 2.83. The second kappa shape index (κ2) is 8.66. The van der Waals surface area contributed by atoms with Gasteiger partial charge in [0, 0.05) is 23.7 Å². The molecule has 0 saturated heterocycles. The van der Waals surface area contributed by atoms with E-state index in [0.717, 1.165) is 0 Å². The number of ether oxygens (including phenoxy) is 2. The molecule has 2 aromatic rings. The molecule has 1 aromatic carbocycles. The summed E-state index contributed by atoms with van der Waals surface area (Å²) in [6, 6.07) is 7.17. The number of nitrogens with zero attached hydrogens (tertiary/aromatic N) is 1. The minimum absolute atomic E-state index is 0.181. The number of nitrogens with one attached hydrogen (secondary N) is 1. The van der Waals surface area contributed by atoms with E-state index in [2.05, 4.69) is 21.2 Å². The van der Waals surface area contributed by atoms with Crippen molar-refractivity contribution in [1.82, 2.24) is 4.57 Å². The van der Waals surface area contributed by atoms with Gasteiger partial charge < -0.3 is 19.4 Å². The lowest BCUT2D eigenvalue weighted by Gasteiger charge is -2.15. The number of esters is 1. The van der Waals surface area contributed by atoms with Gasteiger partial charge in [0.1, 0.15) is 5.82 Å². The van der Waals surface area contributed by atoms with Gasteiger partial charge in [-0.05, 0) is 31.2 Å². The van der Waals surface area contributed by atoms with E-state index < -0.39 is 11.8 Å². The van der Waals surface area contributed by atoms with Crippen LogP contribution in [0, 0.1) is 5.82 Å². The number of methoxy groups -OCH3 is 1. The first-order valence-corrected chi connectivity index (χ1v) is 8.51. The average molecular weight is 425 g/mol. The second-order valence-corrected chi connectivity index (χ2v) is 6.13. The van der Waals surface area contributed by atoms with Crippen LogP contribution in [-0.2, 0) is 16.5 Å². The van der Waals surface area contributed by atoms with E-state index in [1.807, 2.05) is 0 Å². The summed E-state index contributed by atoms with van der Waals surface area (Å²) < 4.78 is 26.2. The molecule has 1 aromatic heterocycles. The normalized spacial score (nSPS) is 11.2. The van der Waals surface area contributed by atoms with E-state index in [-0.39, 0.29) is 28.4 Å². The van der Waals surface area contributed by atoms with Crippen LogP contribution in [0.25, 0.3) is 6.08 Å². The number of rotatable bonds is 6. The topological polar surface area (TPSA) is 69.6 Å². The lowest BCUT2D eigenvalue weighted by Crippen LogP contribution is -2.22. The van der Waals surface area contributed by atoms with Crippen LogP contribution < -0.4 is 10.9 Å². The number of hydrogen-bond donors (Lipinski definition) is 1. The van der Waals surface area contributed by atoms with Gasteiger partial charge in [0.2, 0.25) is 0 Å². The Balaban J connectivity index is 2.53. The molecule has 1 N–H and O–H groups in total. The van der Waals surface area contributed by atoms with Gasteiger partial charge in [0.05, 0.1) is 30.7 Å². The summed E-state index contributed by atoms with van der Waals surface area (Å²) >= 11 is 3.19. The van der Waals surface area contributed by atoms with Gasteiger partial charge in [-0.3, -0.25) is 4.79 Å². The standard InChI is InChI=1S/C18H18BrFN2O4/c1-4-26-16(21-14-7-5-11(19)9-13(14)20)10-15-12(18(24)25-3)6-8-17(23)22(15)2/h5-10,21H,4H2,1-3H3/b16-10+. The van der Waals surface area contributed by atoms with Gasteiger partial charge in [-0.2, -0.15) is 0 Å². The fourth-order valence-corrected chi connectivity index (χ4v) is 2.56. The molecule has 0 unspecified atom stereocenters. The van der Waals surface area contributed by atoms with Crippen LogP contribution in [0.3, 0.4) is 0 Å². The van der Waals surface area contributed by atoms with Crippen LogP contribution in [0.15, 0.2) is 45.5 Å². The Kier molecular flexibility index (Phi) is 6.57. The molecule has 0 bridgehead atoms. The zero-order valence-electron chi connectivity index (χ0n) is 14.5. The molecule has 26 heavy (non-hydrogen) atoms. The quantitative estimate of drug-likeness (QED) is 0.567. The van der Waals surface area contributed by atoms with Gasteiger partial charge >= 0.3 is 5.97 Å². The Morgan fingerprint density at radius 1 is 1.35 bits per heavy atom. The van der Waals surface area contributed by atoms with Gasteiger partial charge in [-0.25, -0.2) is 9.18 Å². The van der Waals surface area contributed by atoms with Crippen molar-refractivity contribution in [1.29, 1.82) is 0 Å². The molecule has 6 nitrogen and oxygen atoms in total. The lowest BCUT2D eigenvalue weighted by atomic mass is 10.1. The van der Waals surface area contributed by atoms with Gasteiger partial charge in [0.25, 0.3) is 5.56 Å². The molecular weight excluding hydrogens is 407 g/mol. The maximum Gasteiger partial charge on any atom is 0.339 e. The molecular formula is C18H18BrFN2O4. The Bertz CT molecular complexity index is 909. The smallest absolute Gasteiger partial charge is 0.339 e. The largest absolute Gasteiger partial charge is 0.479 e. The summed E-state index contributed by atoms with van der Waals surface area (Å²) in [6.45, 7) is 2.06. The Labute approximate surface area is 158 Å². The molecule has 0 aliphatic rings. The van der Waals surface area contributed by atoms with Gasteiger partial charge in [-0.15, -0.1) is 0 Å². The summed E-state index contributed by atoms with van der Waals surface area (Å²) in [5.74, 6) is -0.905. The highest BCUT2D eigenvalue weighted by atomic mass is 79.9. The number of pyridine rings is 1. The maximum absolute atomic E-state index is 14.1. The van der Waals surface area contributed by atoms with Crippen molar-refractivity contribution in [2.24, 2.45) is 7.05 Å². The van der Waals surface area contributed by atoms with Crippen molar-refractivity contribution in [3.8, 4) is 0 Å². The number of benzene rings is 1. The third-order valence-corrected chi connectivity index (χ3v) is 4.02. The number of carbonyl (C=O) groups excluding carboxylic acids is 1. The molecule has 8 heteroatoms. The molecule has 0 radical (unpaired) electrons. The van der Waals surface area contributed by atoms with E-state index in [9.17, 15) is 14.0 Å². The van der Waals surface area contributed by atoms with Crippen LogP contribution in [0.1, 0.15) is 23.0 Å². The number of anilines is 1. The van der Waals surface area contributed by atoms with Crippen molar-refractivity contribution >= 4 is 33.7 Å². The summed E-state index contributed by atoms with van der Waals surface area (Å²) in [6.07, 6.45) is 1.46. The van der Waals surface area contributed by atoms with Crippen LogP contribution in [-0.4, -0.2) is 24.3 Å². The highest BCUT2D eigenvalue weighted by Gasteiger charge is 2.15. The van der Waals surface area contributed by atoms with Crippen LogP contribution in [0.5, 0.6) is 0 Å². The summed E-state index contributed by atoms with van der Waals surface area (Å²) in [7, 11) is 2.77. The lowest BCUT2D eigenvalue weighted by molar-refractivity contribution is 0.0599. The molecule has 2 rings (SSSR count). The van der Waals surface area contributed by atoms with Crippen molar-refractivity contribution in [2.45, 2.75) is 6.92 Å².